The number of rotatable bonds is 7. The predicted molar refractivity (Wildman–Crippen MR) is 120 cm³/mol. The second-order valence-electron chi connectivity index (χ2n) is 6.52. The number of anilines is 1. The lowest BCUT2D eigenvalue weighted by atomic mass is 10.3. The number of halogens is 1. The molecular weight excluding hydrogens is 445 g/mol. The number of thiophene rings is 1. The number of hydrogen-bond acceptors (Lipinski definition) is 4. The molecule has 0 bridgehead atoms. The number of nitrogens with one attached hydrogen (secondary N) is 1. The van der Waals surface area contributed by atoms with Gasteiger partial charge in [0.15, 0.2) is 5.96 Å². The fraction of sp³-hybridized carbons (Fsp3) is 0.722. The van der Waals surface area contributed by atoms with Crippen molar-refractivity contribution in [3.05, 3.63) is 17.5 Å². The first-order valence-electron chi connectivity index (χ1n) is 9.37. The van der Waals surface area contributed by atoms with E-state index in [2.05, 4.69) is 51.4 Å². The Morgan fingerprint density at radius 3 is 2.60 bits per heavy atom. The Bertz CT molecular complexity index is 510. The number of aliphatic imine (C=N–C) groups is 1. The van der Waals surface area contributed by atoms with Gasteiger partial charge in [-0.05, 0) is 43.8 Å². The summed E-state index contributed by atoms with van der Waals surface area (Å²) in [7, 11) is 0. The molecular formula is C18H32IN5S. The van der Waals surface area contributed by atoms with Crippen LogP contribution in [0.5, 0.6) is 0 Å². The Morgan fingerprint density at radius 2 is 2.04 bits per heavy atom. The number of guanidine groups is 1. The van der Waals surface area contributed by atoms with Crippen LogP contribution < -0.4 is 10.2 Å². The summed E-state index contributed by atoms with van der Waals surface area (Å²) in [6.07, 6.45) is 2.75. The first-order chi connectivity index (χ1) is 11.8. The van der Waals surface area contributed by atoms with Gasteiger partial charge in [0.05, 0.1) is 11.5 Å². The summed E-state index contributed by atoms with van der Waals surface area (Å²) < 4.78 is 0. The summed E-state index contributed by atoms with van der Waals surface area (Å²) in [6.45, 7) is 12.7. The van der Waals surface area contributed by atoms with E-state index in [0.29, 0.717) is 0 Å². The molecule has 1 saturated heterocycles. The van der Waals surface area contributed by atoms with Crippen LogP contribution in [-0.2, 0) is 0 Å². The summed E-state index contributed by atoms with van der Waals surface area (Å²) in [4.78, 5) is 12.4. The molecule has 0 atom stereocenters. The summed E-state index contributed by atoms with van der Waals surface area (Å²) in [6, 6.07) is 5.19. The maximum Gasteiger partial charge on any atom is 0.194 e. The van der Waals surface area contributed by atoms with E-state index in [9.17, 15) is 0 Å². The number of hydrogen-bond donors (Lipinski definition) is 1. The van der Waals surface area contributed by atoms with E-state index < -0.39 is 0 Å². The molecule has 5 nitrogen and oxygen atoms in total. The topological polar surface area (TPSA) is 34.1 Å². The fourth-order valence-corrected chi connectivity index (χ4v) is 4.12. The van der Waals surface area contributed by atoms with Gasteiger partial charge < -0.3 is 15.1 Å². The highest BCUT2D eigenvalue weighted by atomic mass is 127. The van der Waals surface area contributed by atoms with E-state index in [1.807, 2.05) is 11.3 Å². The van der Waals surface area contributed by atoms with Crippen LogP contribution in [0.25, 0.3) is 0 Å². The molecule has 1 aliphatic carbocycles. The molecule has 25 heavy (non-hydrogen) atoms. The van der Waals surface area contributed by atoms with Gasteiger partial charge in [0.1, 0.15) is 0 Å². The molecule has 7 heteroatoms. The van der Waals surface area contributed by atoms with E-state index in [1.165, 1.54) is 17.8 Å². The third-order valence-electron chi connectivity index (χ3n) is 4.85. The third kappa shape index (κ3) is 5.99. The Labute approximate surface area is 173 Å². The molecule has 0 radical (unpaired) electrons. The maximum atomic E-state index is 4.90. The smallest absolute Gasteiger partial charge is 0.194 e. The molecule has 142 valence electrons. The zero-order chi connectivity index (χ0) is 16.8. The van der Waals surface area contributed by atoms with Crippen molar-refractivity contribution in [3.8, 4) is 0 Å². The van der Waals surface area contributed by atoms with Crippen molar-refractivity contribution in [1.82, 2.24) is 15.1 Å². The molecule has 3 rings (SSSR count). The van der Waals surface area contributed by atoms with Crippen molar-refractivity contribution < 1.29 is 0 Å². The number of nitrogens with zero attached hydrogens (tertiary/aromatic N) is 4. The fourth-order valence-electron chi connectivity index (χ4n) is 3.34. The summed E-state index contributed by atoms with van der Waals surface area (Å²) in [5.74, 6) is 1.09. The van der Waals surface area contributed by atoms with Gasteiger partial charge in [-0.2, -0.15) is 0 Å². The minimum atomic E-state index is 0. The van der Waals surface area contributed by atoms with Crippen molar-refractivity contribution in [3.63, 3.8) is 0 Å². The van der Waals surface area contributed by atoms with Crippen molar-refractivity contribution in [2.24, 2.45) is 4.99 Å². The lowest BCUT2D eigenvalue weighted by Crippen LogP contribution is -2.52. The van der Waals surface area contributed by atoms with Gasteiger partial charge in [0.2, 0.25) is 0 Å². The Morgan fingerprint density at radius 1 is 1.28 bits per heavy atom. The van der Waals surface area contributed by atoms with Gasteiger partial charge >= 0.3 is 0 Å². The zero-order valence-corrected chi connectivity index (χ0v) is 18.6. The van der Waals surface area contributed by atoms with Crippen LogP contribution in [-0.4, -0.2) is 74.2 Å². The normalized spacial score (nSPS) is 18.4. The van der Waals surface area contributed by atoms with Gasteiger partial charge in [-0.15, -0.1) is 35.3 Å². The molecule has 0 unspecified atom stereocenters. The summed E-state index contributed by atoms with van der Waals surface area (Å²) in [5.41, 5.74) is 0. The highest BCUT2D eigenvalue weighted by Crippen LogP contribution is 2.26. The quantitative estimate of drug-likeness (QED) is 0.372. The average Bonchev–Trinajstić information content (AvgIpc) is 3.31. The third-order valence-corrected chi connectivity index (χ3v) is 5.78. The lowest BCUT2D eigenvalue weighted by Gasteiger charge is -2.37. The van der Waals surface area contributed by atoms with Crippen LogP contribution in [0.3, 0.4) is 0 Å². The molecule has 1 aliphatic heterocycles. The minimum Gasteiger partial charge on any atom is -0.360 e. The zero-order valence-electron chi connectivity index (χ0n) is 15.5. The highest BCUT2D eigenvalue weighted by molar-refractivity contribution is 14.0. The van der Waals surface area contributed by atoms with Gasteiger partial charge in [-0.3, -0.25) is 9.89 Å². The summed E-state index contributed by atoms with van der Waals surface area (Å²) >= 11 is 1.83. The highest BCUT2D eigenvalue weighted by Gasteiger charge is 2.27. The van der Waals surface area contributed by atoms with Gasteiger partial charge in [0.25, 0.3) is 0 Å². The van der Waals surface area contributed by atoms with Crippen molar-refractivity contribution in [2.45, 2.75) is 32.7 Å². The monoisotopic (exact) mass is 477 g/mol. The first-order valence-corrected chi connectivity index (χ1v) is 10.3. The van der Waals surface area contributed by atoms with Crippen LogP contribution in [0.15, 0.2) is 22.5 Å². The molecule has 2 aliphatic rings. The lowest BCUT2D eigenvalue weighted by molar-refractivity contribution is 0.285. The predicted octanol–water partition coefficient (Wildman–Crippen LogP) is 2.94. The van der Waals surface area contributed by atoms with Crippen LogP contribution >= 0.6 is 35.3 Å². The molecule has 2 heterocycles. The number of likely N-dealkylation sites (N-methyl/N-ethyl adjacent to an activating group) is 1. The minimum absolute atomic E-state index is 0. The van der Waals surface area contributed by atoms with Gasteiger partial charge in [-0.1, -0.05) is 6.92 Å². The maximum absolute atomic E-state index is 4.90. The molecule has 0 spiro atoms. The number of piperazine rings is 1. The van der Waals surface area contributed by atoms with Gasteiger partial charge in [-0.25, -0.2) is 0 Å². The molecule has 0 amide bonds. The van der Waals surface area contributed by atoms with Crippen molar-refractivity contribution in [2.75, 3.05) is 57.3 Å². The van der Waals surface area contributed by atoms with Crippen molar-refractivity contribution in [1.29, 1.82) is 0 Å². The van der Waals surface area contributed by atoms with Crippen LogP contribution in [0, 0.1) is 0 Å². The standard InChI is InChI=1S/C18H31N5S.HI/c1-3-19-18(20-9-10-21(4-2)16-7-8-16)23-13-11-22(12-14-23)17-6-5-15-24-17;/h5-6,15-16H,3-4,7-14H2,1-2H3,(H,19,20);1H. The Balaban J connectivity index is 0.00000225. The second kappa shape index (κ2) is 10.6. The van der Waals surface area contributed by atoms with Crippen molar-refractivity contribution >= 4 is 46.3 Å². The van der Waals surface area contributed by atoms with Crippen LogP contribution in [0.2, 0.25) is 0 Å². The first kappa shape index (κ1) is 20.8. The van der Waals surface area contributed by atoms with Crippen LogP contribution in [0.4, 0.5) is 5.00 Å². The molecule has 2 fully saturated rings. The summed E-state index contributed by atoms with van der Waals surface area (Å²) in [5, 5.41) is 7.03. The molecule has 1 aromatic rings. The van der Waals surface area contributed by atoms with E-state index in [1.54, 1.807) is 0 Å². The van der Waals surface area contributed by atoms with Crippen LogP contribution in [0.1, 0.15) is 26.7 Å². The average molecular weight is 477 g/mol. The van der Waals surface area contributed by atoms with E-state index in [0.717, 1.165) is 64.4 Å². The second-order valence-corrected chi connectivity index (χ2v) is 7.45. The van der Waals surface area contributed by atoms with Gasteiger partial charge in [0, 0.05) is 45.3 Å². The molecule has 1 N–H and O–H groups in total. The molecule has 0 aromatic carbocycles. The van der Waals surface area contributed by atoms with E-state index >= 15 is 0 Å². The largest absolute Gasteiger partial charge is 0.360 e. The molecule has 1 aromatic heterocycles. The van der Waals surface area contributed by atoms with E-state index in [4.69, 9.17) is 4.99 Å². The SMILES string of the molecule is CCNC(=NCCN(CC)C1CC1)N1CCN(c2cccs2)CC1.I. The Hall–Kier alpha value is -0.540. The Kier molecular flexibility index (Phi) is 8.78. The molecule has 1 saturated carbocycles. The van der Waals surface area contributed by atoms with E-state index in [-0.39, 0.29) is 24.0 Å².